The summed E-state index contributed by atoms with van der Waals surface area (Å²) >= 11 is 3.33. The van der Waals surface area contributed by atoms with Crippen LogP contribution in [0.1, 0.15) is 30.9 Å². The fourth-order valence-corrected chi connectivity index (χ4v) is 2.37. The van der Waals surface area contributed by atoms with Crippen molar-refractivity contribution in [3.8, 4) is 11.5 Å². The van der Waals surface area contributed by atoms with Crippen LogP contribution in [-0.2, 0) is 5.33 Å². The van der Waals surface area contributed by atoms with Crippen LogP contribution in [0.25, 0.3) is 0 Å². The van der Waals surface area contributed by atoms with Crippen LogP contribution in [0.2, 0.25) is 0 Å². The quantitative estimate of drug-likeness (QED) is 0.412. The van der Waals surface area contributed by atoms with Gasteiger partial charge in [-0.05, 0) is 29.7 Å². The van der Waals surface area contributed by atoms with E-state index in [0.29, 0.717) is 17.0 Å². The highest BCUT2D eigenvalue weighted by molar-refractivity contribution is 9.08. The van der Waals surface area contributed by atoms with Gasteiger partial charge >= 0.3 is 0 Å². The maximum absolute atomic E-state index is 10.8. The average molecular weight is 350 g/mol. The minimum atomic E-state index is -0.409. The first-order valence-electron chi connectivity index (χ1n) is 6.62. The van der Waals surface area contributed by atoms with Gasteiger partial charge in [0, 0.05) is 23.0 Å². The Balaban J connectivity index is 2.24. The molecule has 0 aliphatic rings. The van der Waals surface area contributed by atoms with Crippen LogP contribution >= 0.6 is 15.9 Å². The lowest BCUT2D eigenvalue weighted by Crippen LogP contribution is -1.94. The van der Waals surface area contributed by atoms with Crippen molar-refractivity contribution in [1.82, 2.24) is 0 Å². The number of rotatable bonds is 5. The molecule has 0 aliphatic heterocycles. The van der Waals surface area contributed by atoms with Crippen LogP contribution < -0.4 is 4.74 Å². The summed E-state index contributed by atoms with van der Waals surface area (Å²) in [5, 5.41) is 11.3. The summed E-state index contributed by atoms with van der Waals surface area (Å²) in [6.45, 7) is 4.27. The minimum absolute atomic E-state index is 0.0620. The van der Waals surface area contributed by atoms with Crippen molar-refractivity contribution < 1.29 is 9.66 Å². The molecule has 0 N–H and O–H groups in total. The number of alkyl halides is 1. The molecule has 2 rings (SSSR count). The second-order valence-electron chi connectivity index (χ2n) is 5.01. The monoisotopic (exact) mass is 349 g/mol. The zero-order chi connectivity index (χ0) is 15.4. The third-order valence-electron chi connectivity index (χ3n) is 3.17. The molecule has 0 saturated heterocycles. The molecule has 0 spiro atoms. The molecular formula is C16H16BrNO3. The topological polar surface area (TPSA) is 52.4 Å². The minimum Gasteiger partial charge on any atom is -0.457 e. The predicted molar refractivity (Wildman–Crippen MR) is 86.3 cm³/mol. The second kappa shape index (κ2) is 6.72. The van der Waals surface area contributed by atoms with Gasteiger partial charge in [-0.1, -0.05) is 41.9 Å². The number of nitro benzene ring substituents is 1. The molecule has 0 amide bonds. The fraction of sp³-hybridized carbons (Fsp3) is 0.250. The van der Waals surface area contributed by atoms with Crippen molar-refractivity contribution in [3.05, 3.63) is 63.7 Å². The van der Waals surface area contributed by atoms with Crippen LogP contribution in [0.4, 0.5) is 5.69 Å². The molecule has 21 heavy (non-hydrogen) atoms. The number of nitrogens with zero attached hydrogens (tertiary/aromatic N) is 1. The molecule has 0 radical (unpaired) electrons. The Morgan fingerprint density at radius 1 is 1.19 bits per heavy atom. The van der Waals surface area contributed by atoms with Gasteiger partial charge in [0.05, 0.1) is 4.92 Å². The van der Waals surface area contributed by atoms with E-state index in [1.54, 1.807) is 6.07 Å². The maximum Gasteiger partial charge on any atom is 0.270 e. The third-order valence-corrected chi connectivity index (χ3v) is 3.78. The van der Waals surface area contributed by atoms with Crippen molar-refractivity contribution in [1.29, 1.82) is 0 Å². The average Bonchev–Trinajstić information content (AvgIpc) is 2.48. The largest absolute Gasteiger partial charge is 0.457 e. The van der Waals surface area contributed by atoms with E-state index in [1.165, 1.54) is 17.7 Å². The summed E-state index contributed by atoms with van der Waals surface area (Å²) in [5.41, 5.74) is 2.05. The number of non-ortho nitro benzene ring substituents is 1. The molecule has 0 bridgehead atoms. The van der Waals surface area contributed by atoms with Gasteiger partial charge in [0.2, 0.25) is 0 Å². The number of ether oxygens (including phenoxy) is 1. The van der Waals surface area contributed by atoms with Crippen molar-refractivity contribution in [2.45, 2.75) is 25.1 Å². The van der Waals surface area contributed by atoms with E-state index in [4.69, 9.17) is 4.74 Å². The zero-order valence-corrected chi connectivity index (χ0v) is 13.5. The molecule has 0 saturated carbocycles. The molecule has 0 fully saturated rings. The Labute approximate surface area is 132 Å². The SMILES string of the molecule is CC(C)c1ccc(Oc2ccc([N+](=O)[O-])cc2CBr)cc1. The first-order chi connectivity index (χ1) is 10.0. The van der Waals surface area contributed by atoms with Crippen molar-refractivity contribution in [3.63, 3.8) is 0 Å². The van der Waals surface area contributed by atoms with Gasteiger partial charge in [-0.3, -0.25) is 10.1 Å². The summed E-state index contributed by atoms with van der Waals surface area (Å²) in [6, 6.07) is 12.5. The first kappa shape index (κ1) is 15.5. The molecule has 4 nitrogen and oxygen atoms in total. The Kier molecular flexibility index (Phi) is 4.96. The number of halogens is 1. The standard InChI is InChI=1S/C16H16BrNO3/c1-11(2)12-3-6-15(7-4-12)21-16-8-5-14(18(19)20)9-13(16)10-17/h3-9,11H,10H2,1-2H3. The maximum atomic E-state index is 10.8. The summed E-state index contributed by atoms with van der Waals surface area (Å²) in [6.07, 6.45) is 0. The molecule has 2 aromatic carbocycles. The van der Waals surface area contributed by atoms with E-state index in [9.17, 15) is 10.1 Å². The molecule has 0 aliphatic carbocycles. The van der Waals surface area contributed by atoms with Gasteiger partial charge in [0.25, 0.3) is 5.69 Å². The normalized spacial score (nSPS) is 10.7. The van der Waals surface area contributed by atoms with Crippen LogP contribution in [-0.4, -0.2) is 4.92 Å². The summed E-state index contributed by atoms with van der Waals surface area (Å²) in [4.78, 5) is 10.4. The van der Waals surface area contributed by atoms with Gasteiger partial charge in [-0.2, -0.15) is 0 Å². The molecule has 5 heteroatoms. The molecule has 0 heterocycles. The lowest BCUT2D eigenvalue weighted by Gasteiger charge is -2.11. The van der Waals surface area contributed by atoms with Gasteiger partial charge in [0.1, 0.15) is 11.5 Å². The van der Waals surface area contributed by atoms with Gasteiger partial charge < -0.3 is 4.74 Å². The van der Waals surface area contributed by atoms with Gasteiger partial charge in [0.15, 0.2) is 0 Å². The summed E-state index contributed by atoms with van der Waals surface area (Å²) in [7, 11) is 0. The highest BCUT2D eigenvalue weighted by Crippen LogP contribution is 2.30. The number of benzene rings is 2. The molecular weight excluding hydrogens is 334 g/mol. The molecule has 2 aromatic rings. The van der Waals surface area contributed by atoms with E-state index in [0.717, 1.165) is 11.3 Å². The fourth-order valence-electron chi connectivity index (χ4n) is 1.93. The van der Waals surface area contributed by atoms with E-state index in [2.05, 4.69) is 29.8 Å². The van der Waals surface area contributed by atoms with Crippen molar-refractivity contribution >= 4 is 21.6 Å². The lowest BCUT2D eigenvalue weighted by atomic mass is 10.0. The molecule has 0 aromatic heterocycles. The van der Waals surface area contributed by atoms with Crippen molar-refractivity contribution in [2.75, 3.05) is 0 Å². The number of nitro groups is 1. The van der Waals surface area contributed by atoms with E-state index < -0.39 is 4.92 Å². The van der Waals surface area contributed by atoms with Gasteiger partial charge in [-0.15, -0.1) is 0 Å². The van der Waals surface area contributed by atoms with E-state index >= 15 is 0 Å². The van der Waals surface area contributed by atoms with Gasteiger partial charge in [-0.25, -0.2) is 0 Å². The van der Waals surface area contributed by atoms with Crippen LogP contribution in [0.15, 0.2) is 42.5 Å². The Hall–Kier alpha value is -1.88. The Morgan fingerprint density at radius 2 is 1.86 bits per heavy atom. The first-order valence-corrected chi connectivity index (χ1v) is 7.74. The molecule has 110 valence electrons. The smallest absolute Gasteiger partial charge is 0.270 e. The predicted octanol–water partition coefficient (Wildman–Crippen LogP) is 5.41. The molecule has 0 atom stereocenters. The lowest BCUT2D eigenvalue weighted by molar-refractivity contribution is -0.384. The summed E-state index contributed by atoms with van der Waals surface area (Å²) in [5.74, 6) is 1.81. The van der Waals surface area contributed by atoms with Crippen molar-refractivity contribution in [2.24, 2.45) is 0 Å². The Morgan fingerprint density at radius 3 is 2.38 bits per heavy atom. The number of hydrogen-bond donors (Lipinski definition) is 0. The third kappa shape index (κ3) is 3.82. The zero-order valence-electron chi connectivity index (χ0n) is 11.9. The highest BCUT2D eigenvalue weighted by Gasteiger charge is 2.11. The number of hydrogen-bond acceptors (Lipinski definition) is 3. The second-order valence-corrected chi connectivity index (χ2v) is 5.57. The Bertz CT molecular complexity index is 638. The summed E-state index contributed by atoms with van der Waals surface area (Å²) < 4.78 is 5.82. The van der Waals surface area contributed by atoms with Crippen LogP contribution in [0.5, 0.6) is 11.5 Å². The van der Waals surface area contributed by atoms with E-state index in [-0.39, 0.29) is 5.69 Å². The van der Waals surface area contributed by atoms with Crippen LogP contribution in [0, 0.1) is 10.1 Å². The van der Waals surface area contributed by atoms with Crippen LogP contribution in [0.3, 0.4) is 0 Å². The van der Waals surface area contributed by atoms with E-state index in [1.807, 2.05) is 24.3 Å². The highest BCUT2D eigenvalue weighted by atomic mass is 79.9. The molecule has 0 unspecified atom stereocenters.